The first kappa shape index (κ1) is 18.4. The van der Waals surface area contributed by atoms with E-state index in [9.17, 15) is 9.90 Å². The molecule has 5 saturated carbocycles. The monoisotopic (exact) mass is 395 g/mol. The second-order valence-corrected chi connectivity index (χ2v) is 11.2. The largest absolute Gasteiger partial charge is 0.456 e. The molecule has 4 nitrogen and oxygen atoms in total. The van der Waals surface area contributed by atoms with Crippen LogP contribution < -0.4 is 0 Å². The van der Waals surface area contributed by atoms with Crippen LogP contribution in [0.15, 0.2) is 28.8 Å². The summed E-state index contributed by atoms with van der Waals surface area (Å²) >= 11 is 0. The van der Waals surface area contributed by atoms with Gasteiger partial charge in [0.15, 0.2) is 0 Å². The Morgan fingerprint density at radius 2 is 2.17 bits per heavy atom. The predicted octanol–water partition coefficient (Wildman–Crippen LogP) is 4.09. The maximum Gasteiger partial charge on any atom is 0.333 e. The molecule has 6 aliphatic rings. The summed E-state index contributed by atoms with van der Waals surface area (Å²) in [5.74, 6) is 0.898. The van der Waals surface area contributed by atoms with Crippen LogP contribution in [-0.4, -0.2) is 35.5 Å². The first-order valence-corrected chi connectivity index (χ1v) is 11.5. The normalized spacial score (nSPS) is 56.5. The number of rotatable bonds is 2. The van der Waals surface area contributed by atoms with Crippen LogP contribution in [0.1, 0.15) is 59.3 Å². The summed E-state index contributed by atoms with van der Waals surface area (Å²) in [6.45, 7) is 10.5. The maximum atomic E-state index is 12.7. The van der Waals surface area contributed by atoms with Gasteiger partial charge in [0.1, 0.15) is 6.10 Å². The Bertz CT molecular complexity index is 875. The van der Waals surface area contributed by atoms with Crippen molar-refractivity contribution < 1.29 is 14.6 Å². The minimum Gasteiger partial charge on any atom is -0.456 e. The summed E-state index contributed by atoms with van der Waals surface area (Å²) < 4.78 is 6.04. The number of hydrogen-bond acceptors (Lipinski definition) is 4. The number of ether oxygens (including phenoxy) is 1. The summed E-state index contributed by atoms with van der Waals surface area (Å²) in [5, 5.41) is 11.8. The van der Waals surface area contributed by atoms with Crippen LogP contribution >= 0.6 is 0 Å². The van der Waals surface area contributed by atoms with E-state index in [1.165, 1.54) is 37.7 Å². The van der Waals surface area contributed by atoms with Gasteiger partial charge in [-0.05, 0) is 63.2 Å². The van der Waals surface area contributed by atoms with E-state index in [1.54, 1.807) is 13.0 Å². The van der Waals surface area contributed by atoms with Crippen molar-refractivity contribution in [3.8, 4) is 0 Å². The van der Waals surface area contributed by atoms with Crippen molar-refractivity contribution in [1.82, 2.24) is 0 Å². The second-order valence-electron chi connectivity index (χ2n) is 11.2. The van der Waals surface area contributed by atoms with Crippen LogP contribution in [0.3, 0.4) is 0 Å². The number of aliphatic hydroxyl groups excluding tert-OH is 1. The lowest BCUT2D eigenvalue weighted by Crippen LogP contribution is -2.62. The molecule has 1 aliphatic heterocycles. The Morgan fingerprint density at radius 1 is 1.38 bits per heavy atom. The molecule has 10 unspecified atom stereocenters. The molecule has 0 amide bonds. The van der Waals surface area contributed by atoms with Gasteiger partial charge in [-0.15, -0.1) is 0 Å². The minimum absolute atomic E-state index is 0.0430. The van der Waals surface area contributed by atoms with E-state index in [0.29, 0.717) is 17.4 Å². The molecule has 0 radical (unpaired) electrons. The van der Waals surface area contributed by atoms with Crippen LogP contribution in [0, 0.1) is 39.9 Å². The number of hydrogen-bond donors (Lipinski definition) is 1. The molecule has 0 aromatic heterocycles. The van der Waals surface area contributed by atoms with E-state index in [0.717, 1.165) is 6.42 Å². The molecule has 6 rings (SSSR count). The van der Waals surface area contributed by atoms with Crippen molar-refractivity contribution in [3.63, 3.8) is 0 Å². The molecule has 29 heavy (non-hydrogen) atoms. The van der Waals surface area contributed by atoms with E-state index in [2.05, 4.69) is 19.7 Å². The molecule has 2 spiro atoms. The highest BCUT2D eigenvalue weighted by atomic mass is 16.6. The van der Waals surface area contributed by atoms with Gasteiger partial charge in [-0.25, -0.2) is 4.79 Å². The van der Waals surface area contributed by atoms with Crippen molar-refractivity contribution in [2.75, 3.05) is 0 Å². The lowest BCUT2D eigenvalue weighted by Gasteiger charge is -2.62. The number of allylic oxidation sites excluding steroid dienone is 1. The summed E-state index contributed by atoms with van der Waals surface area (Å²) in [7, 11) is 0. The van der Waals surface area contributed by atoms with Crippen LogP contribution in [0.5, 0.6) is 0 Å². The standard InChI is InChI=1S/C25H33NO3/c1-5-13(2)22(28)29-19-16-14(3)11-24-10-7-15-23(4)8-6-9-25(15,20(24)18(19)27)21(17(16)24)26-12-23/h5,12,15-21,27H,3,6-11H2,1-2,4H3. The second kappa shape index (κ2) is 5.43. The Balaban J connectivity index is 1.51. The first-order chi connectivity index (χ1) is 13.8. The molecule has 0 aromatic rings. The van der Waals surface area contributed by atoms with Crippen molar-refractivity contribution in [2.45, 2.75) is 77.5 Å². The molecule has 1 N–H and O–H groups in total. The van der Waals surface area contributed by atoms with E-state index in [-0.39, 0.29) is 40.1 Å². The summed E-state index contributed by atoms with van der Waals surface area (Å²) in [6, 6.07) is 0.263. The summed E-state index contributed by atoms with van der Waals surface area (Å²) in [4.78, 5) is 17.9. The number of nitrogens with zero attached hydrogens (tertiary/aromatic N) is 1. The zero-order valence-electron chi connectivity index (χ0n) is 17.9. The first-order valence-electron chi connectivity index (χ1n) is 11.5. The molecule has 156 valence electrons. The zero-order valence-corrected chi connectivity index (χ0v) is 17.9. The highest BCUT2D eigenvalue weighted by molar-refractivity contribution is 5.87. The number of esters is 1. The SMILES string of the molecule is C=C1CC23CCC4C5(C)C=NC6C2C1C(OC(=O)C(C)=CC)C(O)C3C64CCC5. The topological polar surface area (TPSA) is 58.9 Å². The fraction of sp³-hybridized carbons (Fsp3) is 0.760. The molecule has 10 atom stereocenters. The van der Waals surface area contributed by atoms with Gasteiger partial charge in [0, 0.05) is 34.5 Å². The Kier molecular flexibility index (Phi) is 3.44. The predicted molar refractivity (Wildman–Crippen MR) is 111 cm³/mol. The average Bonchev–Trinajstić information content (AvgIpc) is 2.95. The van der Waals surface area contributed by atoms with Gasteiger partial charge in [-0.2, -0.15) is 0 Å². The van der Waals surface area contributed by atoms with E-state index >= 15 is 0 Å². The van der Waals surface area contributed by atoms with E-state index in [4.69, 9.17) is 9.73 Å². The Labute approximate surface area is 173 Å². The number of carbonyl (C=O) groups is 1. The molecule has 5 aliphatic carbocycles. The van der Waals surface area contributed by atoms with Gasteiger partial charge < -0.3 is 9.84 Å². The van der Waals surface area contributed by atoms with Crippen molar-refractivity contribution in [2.24, 2.45) is 44.9 Å². The molecular formula is C25H33NO3. The fourth-order valence-corrected chi connectivity index (χ4v) is 9.65. The molecule has 1 heterocycles. The number of carbonyl (C=O) groups excluding carboxylic acids is 1. The van der Waals surface area contributed by atoms with E-state index in [1.807, 2.05) is 6.92 Å². The van der Waals surface area contributed by atoms with Gasteiger partial charge in [0.25, 0.3) is 0 Å². The third kappa shape index (κ3) is 1.83. The molecular weight excluding hydrogens is 362 g/mol. The van der Waals surface area contributed by atoms with Crippen LogP contribution in [0.25, 0.3) is 0 Å². The maximum absolute atomic E-state index is 12.7. The van der Waals surface area contributed by atoms with Crippen molar-refractivity contribution in [1.29, 1.82) is 0 Å². The van der Waals surface area contributed by atoms with Crippen LogP contribution in [0.2, 0.25) is 0 Å². The molecule has 0 saturated heterocycles. The average molecular weight is 396 g/mol. The van der Waals surface area contributed by atoms with Crippen molar-refractivity contribution >= 4 is 12.2 Å². The van der Waals surface area contributed by atoms with Gasteiger partial charge in [-0.1, -0.05) is 31.6 Å². The minimum atomic E-state index is -0.604. The molecule has 4 heteroatoms. The van der Waals surface area contributed by atoms with Crippen LogP contribution in [-0.2, 0) is 9.53 Å². The third-order valence-corrected chi connectivity index (χ3v) is 10.4. The Morgan fingerprint density at radius 3 is 2.93 bits per heavy atom. The van der Waals surface area contributed by atoms with E-state index < -0.39 is 12.2 Å². The lowest BCUT2D eigenvalue weighted by atomic mass is 9.43. The fourth-order valence-electron chi connectivity index (χ4n) is 9.65. The molecule has 0 aromatic carbocycles. The third-order valence-electron chi connectivity index (χ3n) is 10.4. The summed E-state index contributed by atoms with van der Waals surface area (Å²) in [5.41, 5.74) is 2.15. The smallest absolute Gasteiger partial charge is 0.333 e. The highest BCUT2D eigenvalue weighted by Crippen LogP contribution is 2.82. The highest BCUT2D eigenvalue weighted by Gasteiger charge is 2.83. The summed E-state index contributed by atoms with van der Waals surface area (Å²) in [6.07, 6.45) is 10.0. The van der Waals surface area contributed by atoms with Gasteiger partial charge >= 0.3 is 5.97 Å². The van der Waals surface area contributed by atoms with Gasteiger partial charge in [0.05, 0.1) is 12.1 Å². The quantitative estimate of drug-likeness (QED) is 0.435. The van der Waals surface area contributed by atoms with Crippen molar-refractivity contribution in [3.05, 3.63) is 23.8 Å². The number of aliphatic hydroxyl groups is 1. The Hall–Kier alpha value is -1.42. The molecule has 6 bridgehead atoms. The molecule has 5 fully saturated rings. The van der Waals surface area contributed by atoms with Gasteiger partial charge in [-0.3, -0.25) is 4.99 Å². The van der Waals surface area contributed by atoms with Crippen LogP contribution in [0.4, 0.5) is 0 Å². The van der Waals surface area contributed by atoms with Gasteiger partial charge in [0.2, 0.25) is 0 Å². The lowest BCUT2D eigenvalue weighted by molar-refractivity contribution is -0.193. The number of aliphatic imine (C=N–C) groups is 1. The zero-order chi connectivity index (χ0) is 20.3.